The van der Waals surface area contributed by atoms with Crippen molar-refractivity contribution in [3.05, 3.63) is 29.8 Å². The van der Waals surface area contributed by atoms with E-state index in [9.17, 15) is 8.78 Å². The fraction of sp³-hybridized carbons (Fsp3) is 0.455. The topological polar surface area (TPSA) is 29.3 Å². The Hall–Kier alpha value is -1.16. The van der Waals surface area contributed by atoms with Crippen molar-refractivity contribution >= 4 is 5.69 Å². The van der Waals surface area contributed by atoms with E-state index in [0.29, 0.717) is 18.8 Å². The van der Waals surface area contributed by atoms with Crippen LogP contribution in [0.5, 0.6) is 0 Å². The summed E-state index contributed by atoms with van der Waals surface area (Å²) in [5.41, 5.74) is 6.10. The van der Waals surface area contributed by atoms with Crippen molar-refractivity contribution in [1.82, 2.24) is 0 Å². The molecule has 1 aliphatic rings. The van der Waals surface area contributed by atoms with Gasteiger partial charge in [-0.3, -0.25) is 0 Å². The van der Waals surface area contributed by atoms with Crippen LogP contribution in [0.3, 0.4) is 0 Å². The number of hydrogen-bond donors (Lipinski definition) is 1. The van der Waals surface area contributed by atoms with E-state index < -0.39 is 5.82 Å². The first-order valence-electron chi connectivity index (χ1n) is 5.12. The molecular formula is C11H14F2N2. The van der Waals surface area contributed by atoms with Crippen molar-refractivity contribution in [3.8, 4) is 0 Å². The average molecular weight is 212 g/mol. The molecule has 1 heterocycles. The van der Waals surface area contributed by atoms with Crippen LogP contribution in [-0.2, 0) is 0 Å². The van der Waals surface area contributed by atoms with Crippen LogP contribution >= 0.6 is 0 Å². The van der Waals surface area contributed by atoms with Gasteiger partial charge >= 0.3 is 0 Å². The van der Waals surface area contributed by atoms with E-state index in [2.05, 4.69) is 0 Å². The van der Waals surface area contributed by atoms with E-state index >= 15 is 0 Å². The summed E-state index contributed by atoms with van der Waals surface area (Å²) in [6.45, 7) is 1.39. The number of rotatable bonds is 1. The van der Waals surface area contributed by atoms with Crippen LogP contribution in [0.15, 0.2) is 18.2 Å². The van der Waals surface area contributed by atoms with Crippen LogP contribution in [0, 0.1) is 11.6 Å². The first kappa shape index (κ1) is 10.4. The normalized spacial score (nSPS) is 18.2. The van der Waals surface area contributed by atoms with Gasteiger partial charge in [0.15, 0.2) is 0 Å². The summed E-state index contributed by atoms with van der Waals surface area (Å²) in [6, 6.07) is 3.73. The predicted molar refractivity (Wildman–Crippen MR) is 55.8 cm³/mol. The summed E-state index contributed by atoms with van der Waals surface area (Å²) >= 11 is 0. The molecule has 2 rings (SSSR count). The third-order valence-electron chi connectivity index (χ3n) is 2.79. The molecule has 1 fully saturated rings. The Kier molecular flexibility index (Phi) is 2.86. The zero-order valence-corrected chi connectivity index (χ0v) is 8.42. The highest BCUT2D eigenvalue weighted by Gasteiger charge is 2.19. The largest absolute Gasteiger partial charge is 0.369 e. The van der Waals surface area contributed by atoms with Gasteiger partial charge in [0.2, 0.25) is 0 Å². The molecule has 1 aromatic carbocycles. The van der Waals surface area contributed by atoms with Crippen molar-refractivity contribution < 1.29 is 8.78 Å². The third-order valence-corrected chi connectivity index (χ3v) is 2.79. The van der Waals surface area contributed by atoms with E-state index in [1.54, 1.807) is 0 Å². The van der Waals surface area contributed by atoms with Gasteiger partial charge in [-0.15, -0.1) is 0 Å². The Balaban J connectivity index is 2.18. The molecule has 0 aromatic heterocycles. The van der Waals surface area contributed by atoms with Gasteiger partial charge < -0.3 is 10.6 Å². The molecule has 4 heteroatoms. The van der Waals surface area contributed by atoms with Gasteiger partial charge in [-0.05, 0) is 25.0 Å². The molecule has 0 bridgehead atoms. The summed E-state index contributed by atoms with van der Waals surface area (Å²) in [7, 11) is 0. The minimum Gasteiger partial charge on any atom is -0.369 e. The fourth-order valence-corrected chi connectivity index (χ4v) is 1.87. The van der Waals surface area contributed by atoms with Crippen molar-refractivity contribution in [2.45, 2.75) is 18.9 Å². The molecule has 0 amide bonds. The monoisotopic (exact) mass is 212 g/mol. The summed E-state index contributed by atoms with van der Waals surface area (Å²) in [4.78, 5) is 1.85. The second kappa shape index (κ2) is 4.14. The van der Waals surface area contributed by atoms with E-state index in [0.717, 1.165) is 18.9 Å². The first-order chi connectivity index (χ1) is 7.16. The lowest BCUT2D eigenvalue weighted by Gasteiger charge is -2.32. The van der Waals surface area contributed by atoms with Gasteiger partial charge in [-0.2, -0.15) is 0 Å². The second-order valence-electron chi connectivity index (χ2n) is 3.92. The summed E-state index contributed by atoms with van der Waals surface area (Å²) in [5, 5.41) is 0. The Bertz CT molecular complexity index is 346. The number of benzene rings is 1. The van der Waals surface area contributed by atoms with E-state index in [1.165, 1.54) is 12.1 Å². The molecule has 15 heavy (non-hydrogen) atoms. The van der Waals surface area contributed by atoms with E-state index in [1.807, 2.05) is 4.90 Å². The number of piperidine rings is 1. The molecule has 1 aromatic rings. The maximum Gasteiger partial charge on any atom is 0.146 e. The molecule has 0 radical (unpaired) electrons. The molecule has 2 nitrogen and oxygen atoms in total. The van der Waals surface area contributed by atoms with Crippen LogP contribution in [-0.4, -0.2) is 19.1 Å². The number of nitrogens with zero attached hydrogens (tertiary/aromatic N) is 1. The Labute approximate surface area is 87.7 Å². The molecule has 1 saturated heterocycles. The van der Waals surface area contributed by atoms with Crippen molar-refractivity contribution in [2.24, 2.45) is 5.73 Å². The number of hydrogen-bond acceptors (Lipinski definition) is 2. The standard InChI is InChI=1S/C11H14F2N2/c12-8-1-2-10(13)11(7-8)15-5-3-9(14)4-6-15/h1-2,7,9H,3-6,14H2. The maximum atomic E-state index is 13.4. The lowest BCUT2D eigenvalue weighted by molar-refractivity contribution is 0.492. The Morgan fingerprint density at radius 2 is 1.87 bits per heavy atom. The van der Waals surface area contributed by atoms with Gasteiger partial charge in [-0.1, -0.05) is 0 Å². The molecule has 0 spiro atoms. The van der Waals surface area contributed by atoms with Gasteiger partial charge in [0.1, 0.15) is 11.6 Å². The fourth-order valence-electron chi connectivity index (χ4n) is 1.87. The second-order valence-corrected chi connectivity index (χ2v) is 3.92. The molecule has 1 aliphatic heterocycles. The Morgan fingerprint density at radius 3 is 2.53 bits per heavy atom. The lowest BCUT2D eigenvalue weighted by Crippen LogP contribution is -2.40. The summed E-state index contributed by atoms with van der Waals surface area (Å²) < 4.78 is 26.4. The molecule has 0 aliphatic carbocycles. The van der Waals surface area contributed by atoms with Gasteiger partial charge in [0.25, 0.3) is 0 Å². The molecule has 2 N–H and O–H groups in total. The average Bonchev–Trinajstić information content (AvgIpc) is 2.23. The van der Waals surface area contributed by atoms with E-state index in [-0.39, 0.29) is 11.9 Å². The van der Waals surface area contributed by atoms with Crippen molar-refractivity contribution in [1.29, 1.82) is 0 Å². The highest BCUT2D eigenvalue weighted by Crippen LogP contribution is 2.23. The molecule has 0 saturated carbocycles. The summed E-state index contributed by atoms with van der Waals surface area (Å²) in [6.07, 6.45) is 1.66. The summed E-state index contributed by atoms with van der Waals surface area (Å²) in [5.74, 6) is -0.770. The number of halogens is 2. The third kappa shape index (κ3) is 2.26. The van der Waals surface area contributed by atoms with Gasteiger partial charge in [0.05, 0.1) is 5.69 Å². The molecule has 0 atom stereocenters. The maximum absolute atomic E-state index is 13.4. The van der Waals surface area contributed by atoms with Crippen LogP contribution in [0.2, 0.25) is 0 Å². The quantitative estimate of drug-likeness (QED) is 0.770. The first-order valence-corrected chi connectivity index (χ1v) is 5.12. The van der Waals surface area contributed by atoms with Crippen molar-refractivity contribution in [2.75, 3.05) is 18.0 Å². The van der Waals surface area contributed by atoms with Gasteiger partial charge in [-0.25, -0.2) is 8.78 Å². The highest BCUT2D eigenvalue weighted by molar-refractivity contribution is 5.48. The minimum absolute atomic E-state index is 0.192. The molecule has 82 valence electrons. The number of nitrogens with two attached hydrogens (primary N) is 1. The predicted octanol–water partition coefficient (Wildman–Crippen LogP) is 1.89. The smallest absolute Gasteiger partial charge is 0.146 e. The van der Waals surface area contributed by atoms with Crippen molar-refractivity contribution in [3.63, 3.8) is 0 Å². The van der Waals surface area contributed by atoms with Crippen LogP contribution in [0.25, 0.3) is 0 Å². The number of anilines is 1. The molecular weight excluding hydrogens is 198 g/mol. The minimum atomic E-state index is -0.402. The Morgan fingerprint density at radius 1 is 1.20 bits per heavy atom. The highest BCUT2D eigenvalue weighted by atomic mass is 19.1. The van der Waals surface area contributed by atoms with Gasteiger partial charge in [0, 0.05) is 25.2 Å². The van der Waals surface area contributed by atoms with Crippen LogP contribution < -0.4 is 10.6 Å². The lowest BCUT2D eigenvalue weighted by atomic mass is 10.1. The molecule has 0 unspecified atom stereocenters. The van der Waals surface area contributed by atoms with E-state index in [4.69, 9.17) is 5.73 Å². The van der Waals surface area contributed by atoms with Crippen LogP contribution in [0.1, 0.15) is 12.8 Å². The SMILES string of the molecule is NC1CCN(c2cc(F)ccc2F)CC1. The van der Waals surface area contributed by atoms with Crippen LogP contribution in [0.4, 0.5) is 14.5 Å². The zero-order chi connectivity index (χ0) is 10.8. The zero-order valence-electron chi connectivity index (χ0n) is 8.42.